The van der Waals surface area contributed by atoms with Gasteiger partial charge in [-0.1, -0.05) is 20.8 Å². The van der Waals surface area contributed by atoms with Crippen molar-refractivity contribution in [3.8, 4) is 0 Å². The van der Waals surface area contributed by atoms with E-state index in [0.29, 0.717) is 5.92 Å². The summed E-state index contributed by atoms with van der Waals surface area (Å²) in [5.74, 6) is 0.692. The van der Waals surface area contributed by atoms with Crippen LogP contribution in [0, 0.1) is 11.8 Å². The van der Waals surface area contributed by atoms with Gasteiger partial charge in [-0.15, -0.1) is 0 Å². The van der Waals surface area contributed by atoms with E-state index >= 15 is 0 Å². The first-order chi connectivity index (χ1) is 7.88. The third kappa shape index (κ3) is 3.18. The van der Waals surface area contributed by atoms with Crippen molar-refractivity contribution in [2.24, 2.45) is 18.9 Å². The van der Waals surface area contributed by atoms with Crippen molar-refractivity contribution in [1.29, 1.82) is 0 Å². The standard InChI is InChI=1S/C13H21BrN2O/c1-6-11-13(14)12(16(5)15-11)7-10(8(2)3)9(4)17/h8,10H,6-7H2,1-5H3. The van der Waals surface area contributed by atoms with Gasteiger partial charge in [0.25, 0.3) is 0 Å². The molecule has 1 unspecified atom stereocenters. The molecule has 1 aromatic heterocycles. The molecule has 1 aromatic rings. The second-order valence-electron chi connectivity index (χ2n) is 4.85. The number of hydrogen-bond donors (Lipinski definition) is 0. The summed E-state index contributed by atoms with van der Waals surface area (Å²) in [6, 6.07) is 0. The van der Waals surface area contributed by atoms with Gasteiger partial charge in [0.15, 0.2) is 0 Å². The molecule has 0 aliphatic rings. The first-order valence-corrected chi connectivity index (χ1v) is 6.88. The van der Waals surface area contributed by atoms with Crippen LogP contribution in [0.5, 0.6) is 0 Å². The Morgan fingerprint density at radius 3 is 2.41 bits per heavy atom. The molecule has 0 N–H and O–H groups in total. The molecule has 0 bridgehead atoms. The Balaban J connectivity index is 3.01. The van der Waals surface area contributed by atoms with Crippen LogP contribution in [-0.2, 0) is 24.7 Å². The molecule has 0 aliphatic carbocycles. The van der Waals surface area contributed by atoms with E-state index in [-0.39, 0.29) is 11.7 Å². The van der Waals surface area contributed by atoms with Crippen LogP contribution in [0.4, 0.5) is 0 Å². The maximum atomic E-state index is 11.6. The van der Waals surface area contributed by atoms with E-state index in [2.05, 4.69) is 41.8 Å². The number of nitrogens with zero attached hydrogens (tertiary/aromatic N) is 2. The third-order valence-corrected chi connectivity index (χ3v) is 4.16. The van der Waals surface area contributed by atoms with E-state index in [1.807, 2.05) is 11.7 Å². The fourth-order valence-electron chi connectivity index (χ4n) is 2.10. The van der Waals surface area contributed by atoms with Crippen molar-refractivity contribution in [3.63, 3.8) is 0 Å². The predicted molar refractivity (Wildman–Crippen MR) is 73.0 cm³/mol. The highest BCUT2D eigenvalue weighted by molar-refractivity contribution is 9.10. The molecule has 1 rings (SSSR count). The Hall–Kier alpha value is -0.640. The molecular formula is C13H21BrN2O. The van der Waals surface area contributed by atoms with Gasteiger partial charge in [-0.3, -0.25) is 9.48 Å². The quantitative estimate of drug-likeness (QED) is 0.837. The Morgan fingerprint density at radius 1 is 1.47 bits per heavy atom. The molecule has 17 heavy (non-hydrogen) atoms. The summed E-state index contributed by atoms with van der Waals surface area (Å²) >= 11 is 3.59. The van der Waals surface area contributed by atoms with Gasteiger partial charge in [0, 0.05) is 19.4 Å². The normalized spacial score (nSPS) is 13.1. The summed E-state index contributed by atoms with van der Waals surface area (Å²) < 4.78 is 2.95. The van der Waals surface area contributed by atoms with Crippen LogP contribution in [0.3, 0.4) is 0 Å². The van der Waals surface area contributed by atoms with Gasteiger partial charge < -0.3 is 0 Å². The molecule has 3 nitrogen and oxygen atoms in total. The van der Waals surface area contributed by atoms with Gasteiger partial charge in [-0.25, -0.2) is 0 Å². The zero-order valence-electron chi connectivity index (χ0n) is 11.2. The first-order valence-electron chi connectivity index (χ1n) is 6.09. The topological polar surface area (TPSA) is 34.9 Å². The van der Waals surface area contributed by atoms with Crippen molar-refractivity contribution in [2.75, 3.05) is 0 Å². The lowest BCUT2D eigenvalue weighted by Crippen LogP contribution is -2.21. The fourth-order valence-corrected chi connectivity index (χ4v) is 2.88. The zero-order valence-corrected chi connectivity index (χ0v) is 12.8. The molecule has 0 amide bonds. The van der Waals surface area contributed by atoms with Crippen molar-refractivity contribution in [2.45, 2.75) is 40.5 Å². The average molecular weight is 301 g/mol. The molecule has 0 fully saturated rings. The number of ketones is 1. The Morgan fingerprint density at radius 2 is 2.06 bits per heavy atom. The lowest BCUT2D eigenvalue weighted by Gasteiger charge is -2.17. The molecule has 0 radical (unpaired) electrons. The molecule has 0 saturated heterocycles. The van der Waals surface area contributed by atoms with Crippen LogP contribution in [0.25, 0.3) is 0 Å². The SMILES string of the molecule is CCc1nn(C)c(CC(C(C)=O)C(C)C)c1Br. The monoisotopic (exact) mass is 300 g/mol. The summed E-state index contributed by atoms with van der Waals surface area (Å²) in [5.41, 5.74) is 2.18. The van der Waals surface area contributed by atoms with Gasteiger partial charge in [0.05, 0.1) is 15.9 Å². The van der Waals surface area contributed by atoms with E-state index < -0.39 is 0 Å². The highest BCUT2D eigenvalue weighted by Crippen LogP contribution is 2.26. The van der Waals surface area contributed by atoms with Crippen LogP contribution in [0.2, 0.25) is 0 Å². The van der Waals surface area contributed by atoms with Gasteiger partial charge in [-0.05, 0) is 35.2 Å². The van der Waals surface area contributed by atoms with Crippen LogP contribution in [0.15, 0.2) is 4.47 Å². The average Bonchev–Trinajstić information content (AvgIpc) is 2.50. The second-order valence-corrected chi connectivity index (χ2v) is 5.64. The Kier molecular flexibility index (Phi) is 4.92. The first kappa shape index (κ1) is 14.4. The van der Waals surface area contributed by atoms with Gasteiger partial charge in [0.1, 0.15) is 5.78 Å². The summed E-state index contributed by atoms with van der Waals surface area (Å²) in [6.07, 6.45) is 1.66. The third-order valence-electron chi connectivity index (χ3n) is 3.24. The van der Waals surface area contributed by atoms with Crippen LogP contribution in [-0.4, -0.2) is 15.6 Å². The lowest BCUT2D eigenvalue weighted by atomic mass is 9.88. The number of aryl methyl sites for hydroxylation is 2. The Labute approximate surface area is 112 Å². The Bertz CT molecular complexity index is 410. The molecular weight excluding hydrogens is 280 g/mol. The second kappa shape index (κ2) is 5.80. The van der Waals surface area contributed by atoms with E-state index in [4.69, 9.17) is 0 Å². The summed E-state index contributed by atoms with van der Waals surface area (Å²) in [7, 11) is 1.94. The number of Topliss-reactive ketones (excluding diaryl/α,β-unsaturated/α-hetero) is 1. The number of aromatic nitrogens is 2. The zero-order chi connectivity index (χ0) is 13.2. The molecule has 0 saturated carbocycles. The fraction of sp³-hybridized carbons (Fsp3) is 0.692. The minimum absolute atomic E-state index is 0.0754. The summed E-state index contributed by atoms with van der Waals surface area (Å²) in [4.78, 5) is 11.6. The van der Waals surface area contributed by atoms with Crippen molar-refractivity contribution in [1.82, 2.24) is 9.78 Å². The number of carbonyl (C=O) groups is 1. The van der Waals surface area contributed by atoms with Crippen molar-refractivity contribution >= 4 is 21.7 Å². The van der Waals surface area contributed by atoms with Gasteiger partial charge >= 0.3 is 0 Å². The number of rotatable bonds is 5. The minimum atomic E-state index is 0.0754. The summed E-state index contributed by atoms with van der Waals surface area (Å²) in [5, 5.41) is 4.46. The number of hydrogen-bond acceptors (Lipinski definition) is 2. The van der Waals surface area contributed by atoms with E-state index in [1.54, 1.807) is 6.92 Å². The van der Waals surface area contributed by atoms with Gasteiger partial charge in [0.2, 0.25) is 0 Å². The van der Waals surface area contributed by atoms with Crippen molar-refractivity contribution in [3.05, 3.63) is 15.9 Å². The highest BCUT2D eigenvalue weighted by atomic mass is 79.9. The van der Waals surface area contributed by atoms with Crippen molar-refractivity contribution < 1.29 is 4.79 Å². The van der Waals surface area contributed by atoms with Crippen LogP contribution < -0.4 is 0 Å². The van der Waals surface area contributed by atoms with Gasteiger partial charge in [-0.2, -0.15) is 5.10 Å². The largest absolute Gasteiger partial charge is 0.300 e. The van der Waals surface area contributed by atoms with Crippen LogP contribution >= 0.6 is 15.9 Å². The molecule has 4 heteroatoms. The predicted octanol–water partition coefficient (Wildman–Crippen LogP) is 3.15. The molecule has 0 aromatic carbocycles. The number of carbonyl (C=O) groups excluding carboxylic acids is 1. The molecule has 96 valence electrons. The maximum Gasteiger partial charge on any atom is 0.133 e. The minimum Gasteiger partial charge on any atom is -0.300 e. The molecule has 0 aliphatic heterocycles. The lowest BCUT2D eigenvalue weighted by molar-refractivity contribution is -0.122. The molecule has 0 spiro atoms. The van der Waals surface area contributed by atoms with E-state index in [0.717, 1.165) is 28.7 Å². The summed E-state index contributed by atoms with van der Waals surface area (Å²) in [6.45, 7) is 7.95. The highest BCUT2D eigenvalue weighted by Gasteiger charge is 2.23. The van der Waals surface area contributed by atoms with Crippen LogP contribution in [0.1, 0.15) is 39.1 Å². The molecule has 1 atom stereocenters. The number of halogens is 1. The smallest absolute Gasteiger partial charge is 0.133 e. The van der Waals surface area contributed by atoms with E-state index in [9.17, 15) is 4.79 Å². The van der Waals surface area contributed by atoms with E-state index in [1.165, 1.54) is 0 Å². The maximum absolute atomic E-state index is 11.6. The molecule has 1 heterocycles.